The van der Waals surface area contributed by atoms with Crippen LogP contribution in [0.15, 0.2) is 0 Å². The summed E-state index contributed by atoms with van der Waals surface area (Å²) in [6.45, 7) is 1.71. The summed E-state index contributed by atoms with van der Waals surface area (Å²) in [7, 11) is 0. The first-order chi connectivity index (χ1) is 7.92. The van der Waals surface area contributed by atoms with Crippen LogP contribution in [0.25, 0.3) is 0 Å². The van der Waals surface area contributed by atoms with Crippen molar-refractivity contribution in [2.45, 2.75) is 70.3 Å². The zero-order valence-corrected chi connectivity index (χ0v) is 10.1. The van der Waals surface area contributed by atoms with E-state index in [9.17, 15) is 4.79 Å². The largest absolute Gasteiger partial charge is 0.453 e. The summed E-state index contributed by atoms with van der Waals surface area (Å²) in [5.74, 6) is 1.25. The van der Waals surface area contributed by atoms with E-state index in [0.717, 1.165) is 0 Å². The summed E-state index contributed by atoms with van der Waals surface area (Å²) in [6, 6.07) is 0. The number of ether oxygens (including phenoxy) is 1. The Morgan fingerprint density at radius 2 is 1.25 bits per heavy atom. The van der Waals surface area contributed by atoms with Crippen molar-refractivity contribution in [1.29, 1.82) is 0 Å². The number of hydrogen-bond donors (Lipinski definition) is 0. The fraction of sp³-hybridized carbons (Fsp3) is 0.929. The predicted molar refractivity (Wildman–Crippen MR) is 63.7 cm³/mol. The number of hydrogen-bond acceptors (Lipinski definition) is 2. The quantitative estimate of drug-likeness (QED) is 0.728. The molecule has 0 aromatic rings. The molecule has 0 saturated heterocycles. The van der Waals surface area contributed by atoms with Gasteiger partial charge in [-0.2, -0.15) is 0 Å². The fourth-order valence-electron chi connectivity index (χ4n) is 3.56. The van der Waals surface area contributed by atoms with Gasteiger partial charge >= 0.3 is 6.47 Å². The van der Waals surface area contributed by atoms with Crippen molar-refractivity contribution >= 4 is 6.47 Å². The highest BCUT2D eigenvalue weighted by Gasteiger charge is 2.32. The van der Waals surface area contributed by atoms with Crippen LogP contribution in [0.5, 0.6) is 0 Å². The van der Waals surface area contributed by atoms with Crippen LogP contribution in [0.3, 0.4) is 0 Å². The molecule has 2 rings (SSSR count). The molecule has 0 aromatic heterocycles. The predicted octanol–water partition coefficient (Wildman–Crippen LogP) is 3.60. The molecule has 0 bridgehead atoms. The second kappa shape index (κ2) is 6.27. The lowest BCUT2D eigenvalue weighted by Crippen LogP contribution is -2.34. The third kappa shape index (κ3) is 2.99. The zero-order valence-electron chi connectivity index (χ0n) is 10.1. The van der Waals surface area contributed by atoms with Crippen LogP contribution < -0.4 is 0 Å². The maximum absolute atomic E-state index is 10.6. The second-order valence-electron chi connectivity index (χ2n) is 5.46. The van der Waals surface area contributed by atoms with E-state index in [1.165, 1.54) is 64.2 Å². The van der Waals surface area contributed by atoms with Gasteiger partial charge in [0.2, 0.25) is 0 Å². The van der Waals surface area contributed by atoms with Gasteiger partial charge < -0.3 is 4.74 Å². The first-order valence-electron chi connectivity index (χ1n) is 6.94. The van der Waals surface area contributed by atoms with Gasteiger partial charge in [-0.05, 0) is 37.5 Å². The smallest absolute Gasteiger partial charge is 0.417 e. The molecule has 0 amide bonds. The van der Waals surface area contributed by atoms with Crippen LogP contribution in [0.2, 0.25) is 0 Å². The molecule has 2 saturated carbocycles. The van der Waals surface area contributed by atoms with Gasteiger partial charge in [-0.15, -0.1) is 0 Å². The van der Waals surface area contributed by atoms with E-state index in [1.807, 2.05) is 0 Å². The molecule has 0 unspecified atom stereocenters. The van der Waals surface area contributed by atoms with Crippen LogP contribution in [0.1, 0.15) is 64.2 Å². The first-order valence-corrected chi connectivity index (χ1v) is 6.94. The van der Waals surface area contributed by atoms with Crippen molar-refractivity contribution in [3.63, 3.8) is 0 Å². The van der Waals surface area contributed by atoms with Gasteiger partial charge in [-0.3, -0.25) is 0 Å². The summed E-state index contributed by atoms with van der Waals surface area (Å²) in [4.78, 5) is 10.6. The summed E-state index contributed by atoms with van der Waals surface area (Å²) in [6.07, 6.45) is 13.2. The van der Waals surface area contributed by atoms with Gasteiger partial charge in [-0.25, -0.2) is 4.79 Å². The number of rotatable bonds is 4. The zero-order chi connectivity index (χ0) is 11.2. The van der Waals surface area contributed by atoms with Crippen molar-refractivity contribution in [2.75, 3.05) is 0 Å². The minimum absolute atomic E-state index is 0.179. The molecule has 2 nitrogen and oxygen atoms in total. The van der Waals surface area contributed by atoms with Crippen molar-refractivity contribution < 1.29 is 9.53 Å². The Morgan fingerprint density at radius 3 is 1.62 bits per heavy atom. The molecule has 0 spiro atoms. The molecule has 91 valence electrons. The van der Waals surface area contributed by atoms with E-state index in [0.29, 0.717) is 11.8 Å². The van der Waals surface area contributed by atoms with Gasteiger partial charge in [0, 0.05) is 0 Å². The minimum Gasteiger partial charge on any atom is -0.453 e. The fourth-order valence-corrected chi connectivity index (χ4v) is 3.56. The summed E-state index contributed by atoms with van der Waals surface area (Å²) in [5, 5.41) is 0. The molecule has 2 fully saturated rings. The topological polar surface area (TPSA) is 26.3 Å². The van der Waals surface area contributed by atoms with Gasteiger partial charge in [0.15, 0.2) is 0 Å². The van der Waals surface area contributed by atoms with Crippen molar-refractivity contribution in [1.82, 2.24) is 0 Å². The van der Waals surface area contributed by atoms with Crippen molar-refractivity contribution in [2.24, 2.45) is 11.8 Å². The summed E-state index contributed by atoms with van der Waals surface area (Å²) < 4.78 is 5.32. The highest BCUT2D eigenvalue weighted by atomic mass is 16.5. The maximum Gasteiger partial charge on any atom is 0.417 e. The molecule has 16 heavy (non-hydrogen) atoms. The van der Waals surface area contributed by atoms with E-state index in [2.05, 4.69) is 0 Å². The Bertz CT molecular complexity index is 185. The molecule has 0 N–H and O–H groups in total. The third-order valence-electron chi connectivity index (χ3n) is 4.41. The molecule has 2 aliphatic rings. The molecule has 2 aliphatic carbocycles. The Labute approximate surface area is 98.7 Å². The Balaban J connectivity index is 1.93. The lowest BCUT2D eigenvalue weighted by atomic mass is 9.75. The van der Waals surface area contributed by atoms with Crippen LogP contribution in [-0.2, 0) is 9.53 Å². The molecule has 0 aromatic carbocycles. The van der Waals surface area contributed by atoms with Crippen LogP contribution in [-0.4, -0.2) is 12.6 Å². The van der Waals surface area contributed by atoms with E-state index in [-0.39, 0.29) is 6.10 Å². The molecule has 0 heterocycles. The highest BCUT2D eigenvalue weighted by molar-refractivity contribution is 5.38. The Kier molecular flexibility index (Phi) is 4.68. The van der Waals surface area contributed by atoms with Crippen molar-refractivity contribution in [3.8, 4) is 0 Å². The molecule has 0 atom stereocenters. The Morgan fingerprint density at radius 1 is 0.812 bits per heavy atom. The van der Waals surface area contributed by atoms with E-state index >= 15 is 0 Å². The molecule has 1 radical (unpaired) electrons. The SMILES string of the molecule is O=[C]OC(C1CCCCC1)C1CCCCC1. The highest BCUT2D eigenvalue weighted by Crippen LogP contribution is 2.36. The van der Waals surface area contributed by atoms with Gasteiger partial charge in [-0.1, -0.05) is 38.5 Å². The average molecular weight is 223 g/mol. The van der Waals surface area contributed by atoms with Crippen molar-refractivity contribution in [3.05, 3.63) is 0 Å². The van der Waals surface area contributed by atoms with Gasteiger partial charge in [0.05, 0.1) is 0 Å². The maximum atomic E-state index is 10.6. The van der Waals surface area contributed by atoms with Gasteiger partial charge in [0.25, 0.3) is 0 Å². The van der Waals surface area contributed by atoms with Gasteiger partial charge in [0.1, 0.15) is 6.10 Å². The minimum atomic E-state index is 0.179. The third-order valence-corrected chi connectivity index (χ3v) is 4.41. The van der Waals surface area contributed by atoms with Crippen LogP contribution in [0.4, 0.5) is 0 Å². The molecular formula is C14H23O2. The lowest BCUT2D eigenvalue weighted by Gasteiger charge is -2.35. The molecule has 0 aliphatic heterocycles. The van der Waals surface area contributed by atoms with E-state index in [4.69, 9.17) is 4.74 Å². The summed E-state index contributed by atoms with van der Waals surface area (Å²) in [5.41, 5.74) is 0. The van der Waals surface area contributed by atoms with E-state index in [1.54, 1.807) is 6.47 Å². The first kappa shape index (κ1) is 11.9. The summed E-state index contributed by atoms with van der Waals surface area (Å²) >= 11 is 0. The molecule has 2 heteroatoms. The average Bonchev–Trinajstić information content (AvgIpc) is 2.38. The monoisotopic (exact) mass is 223 g/mol. The van der Waals surface area contributed by atoms with Crippen LogP contribution >= 0.6 is 0 Å². The van der Waals surface area contributed by atoms with E-state index < -0.39 is 0 Å². The molecular weight excluding hydrogens is 200 g/mol. The Hall–Kier alpha value is -0.530. The van der Waals surface area contributed by atoms with Crippen LogP contribution in [0, 0.1) is 11.8 Å². The standard InChI is InChI=1S/C14H23O2/c15-11-16-14(12-7-3-1-4-8-12)13-9-5-2-6-10-13/h12-14H,1-10H2. The normalized spacial score (nSPS) is 24.6. The second-order valence-corrected chi connectivity index (χ2v) is 5.46. The lowest BCUT2D eigenvalue weighted by molar-refractivity contribution is 0.0269. The number of carbonyl (C=O) groups excluding carboxylic acids is 1.